The molecular formula is C14H14N2O. The predicted molar refractivity (Wildman–Crippen MR) is 66.5 cm³/mol. The van der Waals surface area contributed by atoms with Crippen LogP contribution in [0.2, 0.25) is 0 Å². The average Bonchev–Trinajstić information content (AvgIpc) is 2.74. The maximum Gasteiger partial charge on any atom is 0.104 e. The Balaban J connectivity index is 2.11. The molecule has 0 aliphatic heterocycles. The van der Waals surface area contributed by atoms with Crippen molar-refractivity contribution in [2.24, 2.45) is 0 Å². The molecule has 3 nitrogen and oxygen atoms in total. The van der Waals surface area contributed by atoms with Crippen molar-refractivity contribution < 1.29 is 5.11 Å². The fourth-order valence-electron chi connectivity index (χ4n) is 1.57. The molecule has 0 saturated carbocycles. The van der Waals surface area contributed by atoms with Crippen LogP contribution in [-0.4, -0.2) is 21.5 Å². The molecule has 1 N–H and O–H groups in total. The molecular weight excluding hydrogens is 212 g/mol. The van der Waals surface area contributed by atoms with Crippen molar-refractivity contribution in [3.8, 4) is 11.8 Å². The van der Waals surface area contributed by atoms with Gasteiger partial charge in [-0.2, -0.15) is 5.10 Å². The van der Waals surface area contributed by atoms with E-state index in [4.69, 9.17) is 5.11 Å². The van der Waals surface area contributed by atoms with E-state index in [2.05, 4.69) is 16.9 Å². The van der Waals surface area contributed by atoms with Crippen LogP contribution in [0.25, 0.3) is 0 Å². The first-order chi connectivity index (χ1) is 8.29. The van der Waals surface area contributed by atoms with Crippen molar-refractivity contribution >= 4 is 0 Å². The Morgan fingerprint density at radius 2 is 2.00 bits per heavy atom. The number of aromatic nitrogens is 2. The fraction of sp³-hybridized carbons (Fsp3) is 0.214. The highest BCUT2D eigenvalue weighted by Gasteiger charge is 1.98. The fourth-order valence-corrected chi connectivity index (χ4v) is 1.57. The Kier molecular flexibility index (Phi) is 3.59. The van der Waals surface area contributed by atoms with Gasteiger partial charge in [0.05, 0.1) is 6.54 Å². The van der Waals surface area contributed by atoms with Crippen LogP contribution in [0, 0.1) is 18.8 Å². The summed E-state index contributed by atoms with van der Waals surface area (Å²) in [5.41, 5.74) is 3.25. The summed E-state index contributed by atoms with van der Waals surface area (Å²) in [6, 6.07) is 9.96. The molecule has 0 bridgehead atoms. The Labute approximate surface area is 101 Å². The van der Waals surface area contributed by atoms with E-state index in [0.29, 0.717) is 0 Å². The van der Waals surface area contributed by atoms with Crippen molar-refractivity contribution in [1.29, 1.82) is 0 Å². The highest BCUT2D eigenvalue weighted by molar-refractivity contribution is 5.36. The van der Waals surface area contributed by atoms with Crippen LogP contribution in [0.4, 0.5) is 0 Å². The molecule has 0 spiro atoms. The summed E-state index contributed by atoms with van der Waals surface area (Å²) in [6.45, 7) is 2.70. The summed E-state index contributed by atoms with van der Waals surface area (Å²) in [6.07, 6.45) is 1.80. The van der Waals surface area contributed by atoms with Gasteiger partial charge in [-0.3, -0.25) is 4.68 Å². The first-order valence-corrected chi connectivity index (χ1v) is 5.46. The smallest absolute Gasteiger partial charge is 0.104 e. The topological polar surface area (TPSA) is 38.0 Å². The zero-order valence-corrected chi connectivity index (χ0v) is 9.72. The average molecular weight is 226 g/mol. The van der Waals surface area contributed by atoms with Gasteiger partial charge in [-0.15, -0.1) is 0 Å². The number of aryl methyl sites for hydroxylation is 1. The lowest BCUT2D eigenvalue weighted by atomic mass is 10.1. The minimum atomic E-state index is -0.103. The quantitative estimate of drug-likeness (QED) is 0.790. The zero-order valence-electron chi connectivity index (χ0n) is 9.72. The van der Waals surface area contributed by atoms with Crippen LogP contribution in [0.3, 0.4) is 0 Å². The lowest BCUT2D eigenvalue weighted by molar-refractivity contribution is 0.350. The molecule has 2 rings (SSSR count). The summed E-state index contributed by atoms with van der Waals surface area (Å²) in [7, 11) is 0. The van der Waals surface area contributed by atoms with Gasteiger partial charge in [0.25, 0.3) is 0 Å². The van der Waals surface area contributed by atoms with E-state index in [9.17, 15) is 0 Å². The van der Waals surface area contributed by atoms with Gasteiger partial charge >= 0.3 is 0 Å². The van der Waals surface area contributed by atoms with Crippen molar-refractivity contribution in [2.75, 3.05) is 6.61 Å². The maximum absolute atomic E-state index is 8.60. The minimum Gasteiger partial charge on any atom is -0.384 e. The van der Waals surface area contributed by atoms with Gasteiger partial charge in [-0.1, -0.05) is 24.0 Å². The van der Waals surface area contributed by atoms with E-state index in [-0.39, 0.29) is 6.61 Å². The lowest BCUT2D eigenvalue weighted by Crippen LogP contribution is -2.03. The molecule has 3 heteroatoms. The van der Waals surface area contributed by atoms with Crippen LogP contribution in [0.5, 0.6) is 0 Å². The number of rotatable bonds is 2. The summed E-state index contributed by atoms with van der Waals surface area (Å²) < 4.78 is 1.95. The van der Waals surface area contributed by atoms with E-state index >= 15 is 0 Å². The third kappa shape index (κ3) is 2.96. The Bertz CT molecular complexity index is 544. The largest absolute Gasteiger partial charge is 0.384 e. The first-order valence-electron chi connectivity index (χ1n) is 5.46. The zero-order chi connectivity index (χ0) is 12.1. The third-order valence-electron chi connectivity index (χ3n) is 2.53. The molecule has 0 radical (unpaired) electrons. The third-order valence-corrected chi connectivity index (χ3v) is 2.53. The van der Waals surface area contributed by atoms with Crippen LogP contribution < -0.4 is 0 Å². The Morgan fingerprint density at radius 3 is 2.59 bits per heavy atom. The molecule has 17 heavy (non-hydrogen) atoms. The van der Waals surface area contributed by atoms with Gasteiger partial charge in [0.15, 0.2) is 0 Å². The number of aliphatic hydroxyl groups excluding tert-OH is 1. The molecule has 0 saturated heterocycles. The first kappa shape index (κ1) is 11.4. The highest BCUT2D eigenvalue weighted by atomic mass is 16.2. The second-order valence-electron chi connectivity index (χ2n) is 3.79. The molecule has 1 aromatic carbocycles. The molecule has 2 aromatic rings. The van der Waals surface area contributed by atoms with Gasteiger partial charge < -0.3 is 5.11 Å². The van der Waals surface area contributed by atoms with Crippen LogP contribution >= 0.6 is 0 Å². The monoisotopic (exact) mass is 226 g/mol. The van der Waals surface area contributed by atoms with Crippen molar-refractivity contribution in [3.63, 3.8) is 0 Å². The van der Waals surface area contributed by atoms with Crippen molar-refractivity contribution in [1.82, 2.24) is 9.78 Å². The number of aliphatic hydroxyl groups is 1. The van der Waals surface area contributed by atoms with Gasteiger partial charge in [0, 0.05) is 17.5 Å². The second kappa shape index (κ2) is 5.33. The molecule has 0 unspecified atom stereocenters. The maximum atomic E-state index is 8.60. The van der Waals surface area contributed by atoms with Crippen molar-refractivity contribution in [2.45, 2.75) is 13.5 Å². The molecule has 0 amide bonds. The van der Waals surface area contributed by atoms with E-state index < -0.39 is 0 Å². The SMILES string of the molecule is Cc1ccnn1Cc1ccc(C#CCO)cc1. The number of hydrogen-bond acceptors (Lipinski definition) is 2. The number of benzene rings is 1. The molecule has 0 fully saturated rings. The van der Waals surface area contributed by atoms with E-state index in [1.165, 1.54) is 5.56 Å². The van der Waals surface area contributed by atoms with Crippen molar-refractivity contribution in [3.05, 3.63) is 53.3 Å². The van der Waals surface area contributed by atoms with E-state index in [0.717, 1.165) is 17.8 Å². The predicted octanol–water partition coefficient (Wildman–Crippen LogP) is 1.58. The summed E-state index contributed by atoms with van der Waals surface area (Å²) in [5.74, 6) is 5.50. The molecule has 1 aromatic heterocycles. The highest BCUT2D eigenvalue weighted by Crippen LogP contribution is 2.06. The summed E-state index contributed by atoms with van der Waals surface area (Å²) in [4.78, 5) is 0. The van der Waals surface area contributed by atoms with Crippen LogP contribution in [0.15, 0.2) is 36.5 Å². The summed E-state index contributed by atoms with van der Waals surface area (Å²) in [5, 5.41) is 12.8. The number of hydrogen-bond donors (Lipinski definition) is 1. The standard InChI is InChI=1S/C14H14N2O/c1-12-8-9-15-16(12)11-14-6-4-13(5-7-14)3-2-10-17/h4-9,17H,10-11H2,1H3. The van der Waals surface area contributed by atoms with E-state index in [1.807, 2.05) is 41.9 Å². The minimum absolute atomic E-state index is 0.103. The normalized spacial score (nSPS) is 9.76. The van der Waals surface area contributed by atoms with Gasteiger partial charge in [-0.05, 0) is 30.7 Å². The Hall–Kier alpha value is -2.05. The molecule has 1 heterocycles. The molecule has 86 valence electrons. The molecule has 0 aliphatic carbocycles. The summed E-state index contributed by atoms with van der Waals surface area (Å²) >= 11 is 0. The van der Waals surface area contributed by atoms with Gasteiger partial charge in [0.1, 0.15) is 6.61 Å². The van der Waals surface area contributed by atoms with Crippen LogP contribution in [-0.2, 0) is 6.54 Å². The molecule has 0 aliphatic rings. The lowest BCUT2D eigenvalue weighted by Gasteiger charge is -2.04. The molecule has 0 atom stereocenters. The second-order valence-corrected chi connectivity index (χ2v) is 3.79. The Morgan fingerprint density at radius 1 is 1.24 bits per heavy atom. The van der Waals surface area contributed by atoms with Gasteiger partial charge in [0.2, 0.25) is 0 Å². The number of nitrogens with zero attached hydrogens (tertiary/aromatic N) is 2. The van der Waals surface area contributed by atoms with Crippen LogP contribution in [0.1, 0.15) is 16.8 Å². The van der Waals surface area contributed by atoms with E-state index in [1.54, 1.807) is 6.20 Å². The van der Waals surface area contributed by atoms with Gasteiger partial charge in [-0.25, -0.2) is 0 Å².